The first-order chi connectivity index (χ1) is 7.16. The molecular weight excluding hydrogens is 235 g/mol. The molecule has 4 nitrogen and oxygen atoms in total. The summed E-state index contributed by atoms with van der Waals surface area (Å²) in [6.45, 7) is 2.45. The smallest absolute Gasteiger partial charge is 0.151 e. The van der Waals surface area contributed by atoms with E-state index < -0.39 is 0 Å². The highest BCUT2D eigenvalue weighted by Crippen LogP contribution is 2.14. The fourth-order valence-electron chi connectivity index (χ4n) is 1.16. The third kappa shape index (κ3) is 2.27. The van der Waals surface area contributed by atoms with Crippen LogP contribution < -0.4 is 0 Å². The van der Waals surface area contributed by atoms with Crippen molar-refractivity contribution >= 4 is 23.2 Å². The van der Waals surface area contributed by atoms with Crippen LogP contribution in [-0.2, 0) is 6.54 Å². The minimum Gasteiger partial charge on any atom is -0.262 e. The topological polar surface area (TPSA) is 43.6 Å². The highest BCUT2D eigenvalue weighted by atomic mass is 35.5. The monoisotopic (exact) mass is 242 g/mol. The van der Waals surface area contributed by atoms with Crippen LogP contribution in [0.4, 0.5) is 0 Å². The second-order valence-electron chi connectivity index (χ2n) is 3.08. The van der Waals surface area contributed by atoms with Gasteiger partial charge in [0.1, 0.15) is 0 Å². The molecule has 0 fully saturated rings. The van der Waals surface area contributed by atoms with Gasteiger partial charge in [0, 0.05) is 0 Å². The largest absolute Gasteiger partial charge is 0.262 e. The summed E-state index contributed by atoms with van der Waals surface area (Å²) in [5, 5.41) is 12.8. The molecule has 0 saturated carbocycles. The highest BCUT2D eigenvalue weighted by Gasteiger charge is 2.05. The van der Waals surface area contributed by atoms with Gasteiger partial charge in [-0.2, -0.15) is 10.2 Å². The second kappa shape index (κ2) is 4.16. The molecule has 0 N–H and O–H groups in total. The summed E-state index contributed by atoms with van der Waals surface area (Å²) in [7, 11) is 0. The molecule has 0 amide bonds. The predicted molar refractivity (Wildman–Crippen MR) is 58.1 cm³/mol. The van der Waals surface area contributed by atoms with E-state index in [9.17, 15) is 0 Å². The number of aromatic nitrogens is 4. The van der Waals surface area contributed by atoms with Crippen molar-refractivity contribution in [3.63, 3.8) is 0 Å². The first kappa shape index (κ1) is 10.4. The number of hydrogen-bond acceptors (Lipinski definition) is 3. The van der Waals surface area contributed by atoms with Crippen molar-refractivity contribution in [2.24, 2.45) is 0 Å². The van der Waals surface area contributed by atoms with Gasteiger partial charge in [-0.25, -0.2) is 0 Å². The summed E-state index contributed by atoms with van der Waals surface area (Å²) < 4.78 is 1.76. The van der Waals surface area contributed by atoms with Crippen molar-refractivity contribution in [3.8, 4) is 0 Å². The molecule has 0 aliphatic rings. The fourth-order valence-corrected chi connectivity index (χ4v) is 1.41. The summed E-state index contributed by atoms with van der Waals surface area (Å²) in [6.07, 6.45) is 1.61. The molecule has 0 bridgehead atoms. The number of nitrogens with zero attached hydrogens (tertiary/aromatic N) is 4. The van der Waals surface area contributed by atoms with Gasteiger partial charge in [-0.05, 0) is 19.1 Å². The molecular formula is C9H8Cl2N4. The summed E-state index contributed by atoms with van der Waals surface area (Å²) in [5.74, 6) is 0. The van der Waals surface area contributed by atoms with Crippen molar-refractivity contribution in [1.82, 2.24) is 20.0 Å². The van der Waals surface area contributed by atoms with Crippen LogP contribution >= 0.6 is 23.2 Å². The minimum atomic E-state index is 0.383. The zero-order valence-electron chi connectivity index (χ0n) is 7.98. The lowest BCUT2D eigenvalue weighted by Gasteiger charge is -2.02. The molecule has 2 rings (SSSR count). The number of rotatable bonds is 2. The van der Waals surface area contributed by atoms with Crippen LogP contribution in [0, 0.1) is 6.92 Å². The summed E-state index contributed by atoms with van der Waals surface area (Å²) in [6, 6.07) is 3.51. The van der Waals surface area contributed by atoms with Gasteiger partial charge in [-0.3, -0.25) is 4.68 Å². The van der Waals surface area contributed by atoms with Crippen LogP contribution in [0.2, 0.25) is 10.2 Å². The molecule has 0 saturated heterocycles. The molecule has 0 aliphatic heterocycles. The van der Waals surface area contributed by atoms with E-state index in [-0.39, 0.29) is 0 Å². The van der Waals surface area contributed by atoms with Gasteiger partial charge >= 0.3 is 0 Å². The minimum absolute atomic E-state index is 0.383. The summed E-state index contributed by atoms with van der Waals surface area (Å²) in [5.41, 5.74) is 1.70. The lowest BCUT2D eigenvalue weighted by molar-refractivity contribution is 0.644. The maximum atomic E-state index is 5.88. The van der Waals surface area contributed by atoms with Gasteiger partial charge in [0.15, 0.2) is 5.15 Å². The van der Waals surface area contributed by atoms with E-state index in [0.717, 1.165) is 11.4 Å². The lowest BCUT2D eigenvalue weighted by atomic mass is 10.4. The average molecular weight is 243 g/mol. The predicted octanol–water partition coefficient (Wildman–Crippen LogP) is 2.34. The molecule has 78 valence electrons. The van der Waals surface area contributed by atoms with Crippen LogP contribution in [-0.4, -0.2) is 20.0 Å². The normalized spacial score (nSPS) is 10.6. The highest BCUT2D eigenvalue weighted by molar-refractivity contribution is 6.31. The molecule has 15 heavy (non-hydrogen) atoms. The van der Waals surface area contributed by atoms with E-state index in [2.05, 4.69) is 15.3 Å². The average Bonchev–Trinajstić information content (AvgIpc) is 2.53. The molecule has 0 aromatic carbocycles. The molecule has 2 aromatic rings. The van der Waals surface area contributed by atoms with Gasteiger partial charge in [-0.1, -0.05) is 23.2 Å². The first-order valence-electron chi connectivity index (χ1n) is 4.33. The van der Waals surface area contributed by atoms with Gasteiger partial charge < -0.3 is 0 Å². The fraction of sp³-hybridized carbons (Fsp3) is 0.222. The summed E-state index contributed by atoms with van der Waals surface area (Å²) in [4.78, 5) is 0. The van der Waals surface area contributed by atoms with Crippen LogP contribution in [0.15, 0.2) is 18.3 Å². The maximum Gasteiger partial charge on any atom is 0.151 e. The van der Waals surface area contributed by atoms with Crippen molar-refractivity contribution in [2.75, 3.05) is 0 Å². The Hall–Kier alpha value is -1.13. The molecule has 2 heterocycles. The maximum absolute atomic E-state index is 5.88. The van der Waals surface area contributed by atoms with Gasteiger partial charge in [0.25, 0.3) is 0 Å². The van der Waals surface area contributed by atoms with E-state index in [0.29, 0.717) is 16.7 Å². The molecule has 2 aromatic heterocycles. The van der Waals surface area contributed by atoms with E-state index in [4.69, 9.17) is 23.2 Å². The number of hydrogen-bond donors (Lipinski definition) is 0. The molecule has 0 atom stereocenters. The third-order valence-corrected chi connectivity index (χ3v) is 2.61. The van der Waals surface area contributed by atoms with Crippen molar-refractivity contribution in [3.05, 3.63) is 39.9 Å². The molecule has 0 spiro atoms. The first-order valence-corrected chi connectivity index (χ1v) is 5.08. The molecule has 0 aliphatic carbocycles. The SMILES string of the molecule is Cc1c(Cl)cnn1Cc1ccc(Cl)nn1. The van der Waals surface area contributed by atoms with Crippen molar-refractivity contribution < 1.29 is 0 Å². The second-order valence-corrected chi connectivity index (χ2v) is 3.88. The van der Waals surface area contributed by atoms with E-state index in [1.165, 1.54) is 0 Å². The molecule has 0 radical (unpaired) electrons. The molecule has 0 unspecified atom stereocenters. The van der Waals surface area contributed by atoms with Crippen LogP contribution in [0.5, 0.6) is 0 Å². The molecule has 6 heteroatoms. The Morgan fingerprint density at radius 2 is 2.07 bits per heavy atom. The summed E-state index contributed by atoms with van der Waals surface area (Å²) >= 11 is 11.5. The number of halogens is 2. The quantitative estimate of drug-likeness (QED) is 0.812. The van der Waals surface area contributed by atoms with Gasteiger partial charge in [-0.15, -0.1) is 5.10 Å². The van der Waals surface area contributed by atoms with Crippen LogP contribution in [0.25, 0.3) is 0 Å². The van der Waals surface area contributed by atoms with Crippen LogP contribution in [0.3, 0.4) is 0 Å². The Labute approximate surface area is 96.8 Å². The van der Waals surface area contributed by atoms with E-state index >= 15 is 0 Å². The van der Waals surface area contributed by atoms with Gasteiger partial charge in [0.05, 0.1) is 29.2 Å². The Morgan fingerprint density at radius 1 is 1.27 bits per heavy atom. The Kier molecular flexibility index (Phi) is 2.88. The third-order valence-electron chi connectivity index (χ3n) is 2.04. The Bertz CT molecular complexity index is 463. The lowest BCUT2D eigenvalue weighted by Crippen LogP contribution is -2.05. The van der Waals surface area contributed by atoms with Crippen molar-refractivity contribution in [2.45, 2.75) is 13.5 Å². The van der Waals surface area contributed by atoms with Crippen LogP contribution in [0.1, 0.15) is 11.4 Å². The van der Waals surface area contributed by atoms with Crippen molar-refractivity contribution in [1.29, 1.82) is 0 Å². The van der Waals surface area contributed by atoms with E-state index in [1.54, 1.807) is 16.9 Å². The zero-order valence-corrected chi connectivity index (χ0v) is 9.50. The Balaban J connectivity index is 2.22. The Morgan fingerprint density at radius 3 is 2.60 bits per heavy atom. The van der Waals surface area contributed by atoms with E-state index in [1.807, 2.05) is 13.0 Å². The van der Waals surface area contributed by atoms with Gasteiger partial charge in [0.2, 0.25) is 0 Å². The zero-order chi connectivity index (χ0) is 10.8. The standard InChI is InChI=1S/C9H8Cl2N4/c1-6-8(10)4-12-15(6)5-7-2-3-9(11)14-13-7/h2-4H,5H2,1H3.